The van der Waals surface area contributed by atoms with E-state index in [2.05, 4.69) is 36.3 Å². The number of ether oxygens (including phenoxy) is 1. The molecule has 0 spiro atoms. The van der Waals surface area contributed by atoms with Crippen LogP contribution in [-0.2, 0) is 6.54 Å². The van der Waals surface area contributed by atoms with Gasteiger partial charge in [-0.1, -0.05) is 32.4 Å². The number of nitrogens with two attached hydrogens (primary N) is 1. The minimum absolute atomic E-state index is 0. The Morgan fingerprint density at radius 1 is 1.22 bits per heavy atom. The van der Waals surface area contributed by atoms with Gasteiger partial charge in [0.05, 0.1) is 12.6 Å². The van der Waals surface area contributed by atoms with Gasteiger partial charge in [0, 0.05) is 6.54 Å². The van der Waals surface area contributed by atoms with E-state index in [-0.39, 0.29) is 24.0 Å². The third kappa shape index (κ3) is 7.90. The Labute approximate surface area is 157 Å². The number of nitrogens with zero attached hydrogens (tertiary/aromatic N) is 1. The summed E-state index contributed by atoms with van der Waals surface area (Å²) in [4.78, 5) is 4.35. The number of benzene rings is 1. The standard InChI is InChI=1S/C18H29N3O.HI/c1-14(2)12-20-18(19)21-13-15-8-10-17(11-9-15)22-16-6-4-3-5-7-16;/h8-11,14,16H,3-7,12-13H2,1-2H3,(H3,19,20,21);1H. The van der Waals surface area contributed by atoms with E-state index in [0.29, 0.717) is 24.5 Å². The monoisotopic (exact) mass is 431 g/mol. The number of rotatable bonds is 6. The first kappa shape index (κ1) is 20.1. The first-order chi connectivity index (χ1) is 10.6. The van der Waals surface area contributed by atoms with Gasteiger partial charge in [0.25, 0.3) is 0 Å². The van der Waals surface area contributed by atoms with E-state index in [0.717, 1.165) is 17.9 Å². The molecule has 0 unspecified atom stereocenters. The van der Waals surface area contributed by atoms with Crippen molar-refractivity contribution in [3.05, 3.63) is 29.8 Å². The first-order valence-corrected chi connectivity index (χ1v) is 8.43. The summed E-state index contributed by atoms with van der Waals surface area (Å²) in [6, 6.07) is 8.21. The molecule has 5 heteroatoms. The Bertz CT molecular complexity index is 468. The normalized spacial score (nSPS) is 16.0. The maximum Gasteiger partial charge on any atom is 0.188 e. The molecule has 0 amide bonds. The van der Waals surface area contributed by atoms with Crippen molar-refractivity contribution < 1.29 is 4.74 Å². The molecule has 3 N–H and O–H groups in total. The molecule has 0 radical (unpaired) electrons. The van der Waals surface area contributed by atoms with Crippen LogP contribution in [0.3, 0.4) is 0 Å². The third-order valence-electron chi connectivity index (χ3n) is 3.90. The van der Waals surface area contributed by atoms with Crippen LogP contribution < -0.4 is 15.8 Å². The summed E-state index contributed by atoms with van der Waals surface area (Å²) in [7, 11) is 0. The number of guanidine groups is 1. The van der Waals surface area contributed by atoms with Crippen molar-refractivity contribution in [1.82, 2.24) is 5.32 Å². The van der Waals surface area contributed by atoms with E-state index in [1.165, 1.54) is 32.1 Å². The molecule has 1 aliphatic rings. The van der Waals surface area contributed by atoms with E-state index >= 15 is 0 Å². The number of nitrogens with one attached hydrogen (secondary N) is 1. The summed E-state index contributed by atoms with van der Waals surface area (Å²) < 4.78 is 6.03. The summed E-state index contributed by atoms with van der Waals surface area (Å²) >= 11 is 0. The van der Waals surface area contributed by atoms with Gasteiger partial charge in [-0.3, -0.25) is 0 Å². The second-order valence-electron chi connectivity index (χ2n) is 6.50. The fraction of sp³-hybridized carbons (Fsp3) is 0.611. The van der Waals surface area contributed by atoms with Crippen molar-refractivity contribution in [2.45, 2.75) is 58.6 Å². The van der Waals surface area contributed by atoms with Crippen LogP contribution in [0.25, 0.3) is 0 Å². The Morgan fingerprint density at radius 3 is 2.48 bits per heavy atom. The molecule has 0 heterocycles. The molecule has 23 heavy (non-hydrogen) atoms. The average molecular weight is 431 g/mol. The molecule has 0 bridgehead atoms. The van der Waals surface area contributed by atoms with E-state index in [1.807, 2.05) is 12.1 Å². The van der Waals surface area contributed by atoms with Crippen LogP contribution in [0.2, 0.25) is 0 Å². The smallest absolute Gasteiger partial charge is 0.188 e. The van der Waals surface area contributed by atoms with Crippen LogP contribution in [0.15, 0.2) is 29.3 Å². The lowest BCUT2D eigenvalue weighted by molar-refractivity contribution is 0.155. The van der Waals surface area contributed by atoms with Crippen molar-refractivity contribution in [3.63, 3.8) is 0 Å². The van der Waals surface area contributed by atoms with Gasteiger partial charge >= 0.3 is 0 Å². The van der Waals surface area contributed by atoms with Gasteiger partial charge in [0.2, 0.25) is 0 Å². The minimum Gasteiger partial charge on any atom is -0.490 e. The zero-order chi connectivity index (χ0) is 15.8. The lowest BCUT2D eigenvalue weighted by atomic mass is 9.98. The average Bonchev–Trinajstić information content (AvgIpc) is 2.53. The zero-order valence-electron chi connectivity index (χ0n) is 14.3. The maximum absolute atomic E-state index is 6.03. The number of halogens is 1. The van der Waals surface area contributed by atoms with Gasteiger partial charge < -0.3 is 15.8 Å². The first-order valence-electron chi connectivity index (χ1n) is 8.43. The lowest BCUT2D eigenvalue weighted by Crippen LogP contribution is -2.34. The number of hydrogen-bond donors (Lipinski definition) is 2. The summed E-state index contributed by atoms with van der Waals surface area (Å²) in [5.74, 6) is 2.03. The molecule has 4 nitrogen and oxygen atoms in total. The summed E-state index contributed by atoms with van der Waals surface area (Å²) in [6.45, 7) is 5.74. The quantitative estimate of drug-likeness (QED) is 0.406. The highest BCUT2D eigenvalue weighted by Crippen LogP contribution is 2.23. The molecular formula is C18H30IN3O. The molecule has 1 aliphatic carbocycles. The topological polar surface area (TPSA) is 59.6 Å². The highest BCUT2D eigenvalue weighted by molar-refractivity contribution is 14.0. The van der Waals surface area contributed by atoms with Crippen LogP contribution in [0.4, 0.5) is 0 Å². The second-order valence-corrected chi connectivity index (χ2v) is 6.50. The molecule has 0 aromatic heterocycles. The van der Waals surface area contributed by atoms with Crippen molar-refractivity contribution in [2.75, 3.05) is 6.54 Å². The summed E-state index contributed by atoms with van der Waals surface area (Å²) in [6.07, 6.45) is 6.70. The molecule has 1 aromatic carbocycles. The van der Waals surface area contributed by atoms with Crippen LogP contribution in [-0.4, -0.2) is 18.6 Å². The van der Waals surface area contributed by atoms with Gasteiger partial charge in [-0.15, -0.1) is 24.0 Å². The van der Waals surface area contributed by atoms with Gasteiger partial charge in [-0.05, 0) is 49.3 Å². The predicted octanol–water partition coefficient (Wildman–Crippen LogP) is 4.08. The van der Waals surface area contributed by atoms with Crippen LogP contribution in [0, 0.1) is 5.92 Å². The van der Waals surface area contributed by atoms with Gasteiger partial charge in [0.15, 0.2) is 5.96 Å². The van der Waals surface area contributed by atoms with E-state index in [9.17, 15) is 0 Å². The minimum atomic E-state index is 0. The summed E-state index contributed by atoms with van der Waals surface area (Å²) in [5.41, 5.74) is 6.98. The van der Waals surface area contributed by atoms with E-state index in [4.69, 9.17) is 10.5 Å². The Kier molecular flexibility index (Phi) is 9.36. The Hall–Kier alpha value is -0.980. The van der Waals surface area contributed by atoms with Gasteiger partial charge in [-0.25, -0.2) is 4.99 Å². The molecule has 0 atom stereocenters. The molecule has 2 rings (SSSR count). The van der Waals surface area contributed by atoms with Crippen LogP contribution in [0.1, 0.15) is 51.5 Å². The predicted molar refractivity (Wildman–Crippen MR) is 108 cm³/mol. The largest absolute Gasteiger partial charge is 0.490 e. The molecule has 1 fully saturated rings. The zero-order valence-corrected chi connectivity index (χ0v) is 16.6. The van der Waals surface area contributed by atoms with E-state index < -0.39 is 0 Å². The molecular weight excluding hydrogens is 401 g/mol. The van der Waals surface area contributed by atoms with Crippen molar-refractivity contribution in [2.24, 2.45) is 16.6 Å². The molecule has 130 valence electrons. The molecule has 0 aliphatic heterocycles. The maximum atomic E-state index is 6.03. The third-order valence-corrected chi connectivity index (χ3v) is 3.90. The van der Waals surface area contributed by atoms with Gasteiger partial charge in [0.1, 0.15) is 5.75 Å². The number of aliphatic imine (C=N–C) groups is 1. The highest BCUT2D eigenvalue weighted by Gasteiger charge is 2.14. The SMILES string of the molecule is CC(C)CNC(N)=NCc1ccc(OC2CCCCC2)cc1.I. The van der Waals surface area contributed by atoms with Gasteiger partial charge in [-0.2, -0.15) is 0 Å². The second kappa shape index (κ2) is 10.7. The molecule has 1 saturated carbocycles. The van der Waals surface area contributed by atoms with Crippen molar-refractivity contribution in [1.29, 1.82) is 0 Å². The molecule has 1 aromatic rings. The van der Waals surface area contributed by atoms with Crippen molar-refractivity contribution >= 4 is 29.9 Å². The molecule has 0 saturated heterocycles. The van der Waals surface area contributed by atoms with E-state index in [1.54, 1.807) is 0 Å². The lowest BCUT2D eigenvalue weighted by Gasteiger charge is -2.23. The Morgan fingerprint density at radius 2 is 1.87 bits per heavy atom. The fourth-order valence-corrected chi connectivity index (χ4v) is 2.59. The number of hydrogen-bond acceptors (Lipinski definition) is 2. The van der Waals surface area contributed by atoms with Crippen molar-refractivity contribution in [3.8, 4) is 5.75 Å². The fourth-order valence-electron chi connectivity index (χ4n) is 2.59. The van der Waals surface area contributed by atoms with Crippen LogP contribution in [0.5, 0.6) is 5.75 Å². The highest BCUT2D eigenvalue weighted by atomic mass is 127. The van der Waals surface area contributed by atoms with Crippen LogP contribution >= 0.6 is 24.0 Å². The summed E-state index contributed by atoms with van der Waals surface area (Å²) in [5, 5.41) is 3.12. The Balaban J connectivity index is 0.00000264.